The second-order valence-corrected chi connectivity index (χ2v) is 5.84. The van der Waals surface area contributed by atoms with Crippen LogP contribution in [-0.2, 0) is 9.31 Å². The van der Waals surface area contributed by atoms with Gasteiger partial charge in [0.05, 0.1) is 11.2 Å². The fourth-order valence-electron chi connectivity index (χ4n) is 1.53. The summed E-state index contributed by atoms with van der Waals surface area (Å²) in [5, 5.41) is 0. The molecule has 1 rings (SSSR count). The summed E-state index contributed by atoms with van der Waals surface area (Å²) in [6.07, 6.45) is 4.82. The highest BCUT2D eigenvalue weighted by Crippen LogP contribution is 2.39. The molecule has 0 aromatic heterocycles. The molecule has 1 aliphatic heterocycles. The quantitative estimate of drug-likeness (QED) is 0.542. The Labute approximate surface area is 119 Å². The summed E-state index contributed by atoms with van der Waals surface area (Å²) in [5.74, 6) is 0. The molecule has 0 radical (unpaired) electrons. The fraction of sp³-hybridized carbons (Fsp3) is 0.625. The highest BCUT2D eigenvalue weighted by Gasteiger charge is 2.52. The molecule has 1 heterocycles. The summed E-state index contributed by atoms with van der Waals surface area (Å²) >= 11 is 0. The zero-order valence-corrected chi connectivity index (χ0v) is 13.7. The van der Waals surface area contributed by atoms with Crippen LogP contribution in [0.3, 0.4) is 0 Å². The Morgan fingerprint density at radius 1 is 1.00 bits per heavy atom. The lowest BCUT2D eigenvalue weighted by molar-refractivity contribution is 0.00578. The second kappa shape index (κ2) is 7.11. The number of allylic oxidation sites excluding steroid dienone is 4. The first-order valence-electron chi connectivity index (χ1n) is 6.98. The van der Waals surface area contributed by atoms with Crippen molar-refractivity contribution in [3.8, 4) is 0 Å². The number of hydrogen-bond acceptors (Lipinski definition) is 2. The minimum atomic E-state index is -0.347. The van der Waals surface area contributed by atoms with Gasteiger partial charge in [-0.1, -0.05) is 51.2 Å². The van der Waals surface area contributed by atoms with Crippen LogP contribution in [0.5, 0.6) is 0 Å². The summed E-state index contributed by atoms with van der Waals surface area (Å²) in [6, 6.07) is 0. The topological polar surface area (TPSA) is 18.5 Å². The van der Waals surface area contributed by atoms with Gasteiger partial charge in [-0.3, -0.25) is 0 Å². The van der Waals surface area contributed by atoms with Crippen LogP contribution in [-0.4, -0.2) is 18.3 Å². The van der Waals surface area contributed by atoms with Gasteiger partial charge in [-0.2, -0.15) is 0 Å². The Balaban J connectivity index is 0.000000982. The second-order valence-electron chi connectivity index (χ2n) is 5.84. The molecule has 0 N–H and O–H groups in total. The molecule has 0 atom stereocenters. The lowest BCUT2D eigenvalue weighted by Gasteiger charge is -2.32. The van der Waals surface area contributed by atoms with Crippen molar-refractivity contribution >= 4 is 7.12 Å². The number of rotatable bonds is 3. The standard InChI is InChI=1S/C13H21BO2.C3H8/c1-8-10(3)11(9-2)14-15-12(4,5)13(6,7)16-14;1-3-2/h8-9H,1-2H2,3-7H3;3H2,1-2H3/b11-10+;. The van der Waals surface area contributed by atoms with Gasteiger partial charge in [-0.15, -0.1) is 0 Å². The molecule has 1 saturated heterocycles. The summed E-state index contributed by atoms with van der Waals surface area (Å²) in [4.78, 5) is 0. The SMILES string of the molecule is C=C/C(C)=C(\C=C)B1OC(C)(C)C(C)(C)O1.CCC. The van der Waals surface area contributed by atoms with Gasteiger partial charge in [-0.05, 0) is 40.1 Å². The largest absolute Gasteiger partial charge is 0.495 e. The molecular weight excluding hydrogens is 235 g/mol. The zero-order chi connectivity index (χ0) is 15.3. The zero-order valence-electron chi connectivity index (χ0n) is 13.7. The van der Waals surface area contributed by atoms with Crippen LogP contribution >= 0.6 is 0 Å². The Morgan fingerprint density at radius 3 is 1.63 bits per heavy atom. The normalized spacial score (nSPS) is 21.1. The van der Waals surface area contributed by atoms with Crippen molar-refractivity contribution in [2.24, 2.45) is 0 Å². The predicted molar refractivity (Wildman–Crippen MR) is 85.1 cm³/mol. The van der Waals surface area contributed by atoms with E-state index in [0.717, 1.165) is 11.0 Å². The van der Waals surface area contributed by atoms with E-state index < -0.39 is 0 Å². The van der Waals surface area contributed by atoms with Gasteiger partial charge in [0.2, 0.25) is 0 Å². The Morgan fingerprint density at radius 2 is 1.37 bits per heavy atom. The van der Waals surface area contributed by atoms with Crippen molar-refractivity contribution in [3.05, 3.63) is 36.4 Å². The van der Waals surface area contributed by atoms with Crippen LogP contribution in [0, 0.1) is 0 Å². The molecule has 0 aromatic carbocycles. The molecule has 19 heavy (non-hydrogen) atoms. The van der Waals surface area contributed by atoms with Gasteiger partial charge < -0.3 is 9.31 Å². The Bertz CT molecular complexity index is 338. The predicted octanol–water partition coefficient (Wildman–Crippen LogP) is 4.72. The van der Waals surface area contributed by atoms with E-state index >= 15 is 0 Å². The van der Waals surface area contributed by atoms with E-state index in [4.69, 9.17) is 9.31 Å². The average molecular weight is 264 g/mol. The Kier molecular flexibility index (Phi) is 6.81. The van der Waals surface area contributed by atoms with Crippen molar-refractivity contribution in [2.75, 3.05) is 0 Å². The lowest BCUT2D eigenvalue weighted by atomic mass is 9.75. The van der Waals surface area contributed by atoms with Crippen molar-refractivity contribution < 1.29 is 9.31 Å². The molecule has 0 aliphatic carbocycles. The molecule has 0 spiro atoms. The summed E-state index contributed by atoms with van der Waals surface area (Å²) in [7, 11) is -0.347. The van der Waals surface area contributed by atoms with E-state index in [1.54, 1.807) is 12.2 Å². The monoisotopic (exact) mass is 264 g/mol. The molecule has 1 aliphatic rings. The molecule has 2 nitrogen and oxygen atoms in total. The first kappa shape index (κ1) is 18.2. The van der Waals surface area contributed by atoms with Crippen molar-refractivity contribution in [1.82, 2.24) is 0 Å². The van der Waals surface area contributed by atoms with Crippen molar-refractivity contribution in [2.45, 2.75) is 66.1 Å². The molecule has 3 heteroatoms. The smallest absolute Gasteiger partial charge is 0.399 e. The molecular formula is C16H29BO2. The maximum Gasteiger partial charge on any atom is 0.495 e. The van der Waals surface area contributed by atoms with Gasteiger partial charge >= 0.3 is 7.12 Å². The molecule has 0 saturated carbocycles. The molecule has 0 aromatic rings. The first-order valence-corrected chi connectivity index (χ1v) is 6.98. The average Bonchev–Trinajstić information content (AvgIpc) is 2.49. The highest BCUT2D eigenvalue weighted by molar-refractivity contribution is 6.56. The molecule has 1 fully saturated rings. The van der Waals surface area contributed by atoms with Crippen molar-refractivity contribution in [1.29, 1.82) is 0 Å². The Hall–Kier alpha value is -0.795. The third kappa shape index (κ3) is 4.36. The molecule has 0 bridgehead atoms. The van der Waals surface area contributed by atoms with Crippen LogP contribution in [0.4, 0.5) is 0 Å². The third-order valence-electron chi connectivity index (χ3n) is 3.49. The van der Waals surface area contributed by atoms with Gasteiger partial charge in [0.25, 0.3) is 0 Å². The lowest BCUT2D eigenvalue weighted by Crippen LogP contribution is -2.41. The highest BCUT2D eigenvalue weighted by atomic mass is 16.7. The third-order valence-corrected chi connectivity index (χ3v) is 3.49. The number of hydrogen-bond donors (Lipinski definition) is 0. The summed E-state index contributed by atoms with van der Waals surface area (Å²) < 4.78 is 11.9. The minimum absolute atomic E-state index is 0.312. The van der Waals surface area contributed by atoms with E-state index in [1.165, 1.54) is 6.42 Å². The maximum atomic E-state index is 5.94. The summed E-state index contributed by atoms with van der Waals surface area (Å²) in [6.45, 7) is 21.9. The first-order chi connectivity index (χ1) is 8.66. The van der Waals surface area contributed by atoms with Crippen LogP contribution < -0.4 is 0 Å². The van der Waals surface area contributed by atoms with Crippen LogP contribution in [0.15, 0.2) is 36.4 Å². The molecule has 108 valence electrons. The van der Waals surface area contributed by atoms with E-state index in [9.17, 15) is 0 Å². The van der Waals surface area contributed by atoms with Crippen molar-refractivity contribution in [3.63, 3.8) is 0 Å². The van der Waals surface area contributed by atoms with E-state index in [2.05, 4.69) is 27.0 Å². The maximum absolute atomic E-state index is 5.94. The van der Waals surface area contributed by atoms with Gasteiger partial charge in [0.15, 0.2) is 0 Å². The van der Waals surface area contributed by atoms with Crippen LogP contribution in [0.1, 0.15) is 54.9 Å². The van der Waals surface area contributed by atoms with Gasteiger partial charge in [-0.25, -0.2) is 0 Å². The van der Waals surface area contributed by atoms with Crippen LogP contribution in [0.2, 0.25) is 0 Å². The molecule has 0 amide bonds. The van der Waals surface area contributed by atoms with Crippen LogP contribution in [0.25, 0.3) is 0 Å². The van der Waals surface area contributed by atoms with Gasteiger partial charge in [0.1, 0.15) is 0 Å². The van der Waals surface area contributed by atoms with E-state index in [0.29, 0.717) is 0 Å². The van der Waals surface area contributed by atoms with E-state index in [1.807, 2.05) is 34.6 Å². The fourth-order valence-corrected chi connectivity index (χ4v) is 1.53. The summed E-state index contributed by atoms with van der Waals surface area (Å²) in [5.41, 5.74) is 1.36. The minimum Gasteiger partial charge on any atom is -0.399 e. The molecule has 0 unspecified atom stereocenters. The van der Waals surface area contributed by atoms with E-state index in [-0.39, 0.29) is 18.3 Å². The van der Waals surface area contributed by atoms with Gasteiger partial charge in [0, 0.05) is 0 Å².